The van der Waals surface area contributed by atoms with Gasteiger partial charge in [-0.3, -0.25) is 29.1 Å². The quantitative estimate of drug-likeness (QED) is 0.428. The van der Waals surface area contributed by atoms with Crippen molar-refractivity contribution in [2.45, 2.75) is 82.0 Å². The highest BCUT2D eigenvalue weighted by Gasteiger charge is 2.69. The Kier molecular flexibility index (Phi) is 4.76. The lowest BCUT2D eigenvalue weighted by Gasteiger charge is -2.63. The Morgan fingerprint density at radius 1 is 0.917 bits per heavy atom. The number of amides is 7. The molecule has 7 fully saturated rings. The van der Waals surface area contributed by atoms with Crippen LogP contribution in [-0.4, -0.2) is 87.3 Å². The molecule has 36 heavy (non-hydrogen) atoms. The normalized spacial score (nSPS) is 40.3. The van der Waals surface area contributed by atoms with Gasteiger partial charge in [0.25, 0.3) is 5.91 Å². The van der Waals surface area contributed by atoms with Crippen LogP contribution in [0.2, 0.25) is 0 Å². The van der Waals surface area contributed by atoms with E-state index in [9.17, 15) is 37.1 Å². The zero-order chi connectivity index (χ0) is 25.8. The average Bonchev–Trinajstić information content (AvgIpc) is 2.87. The van der Waals surface area contributed by atoms with Crippen LogP contribution in [0.5, 0.6) is 0 Å². The van der Waals surface area contributed by atoms with Gasteiger partial charge < -0.3 is 4.90 Å². The molecule has 2 heterocycles. The highest BCUT2D eigenvalue weighted by Crippen LogP contribution is 2.65. The van der Waals surface area contributed by atoms with Gasteiger partial charge >= 0.3 is 18.2 Å². The van der Waals surface area contributed by atoms with E-state index in [1.165, 1.54) is 16.8 Å². The first-order valence-corrected chi connectivity index (χ1v) is 12.6. The van der Waals surface area contributed by atoms with Crippen LogP contribution >= 0.6 is 0 Å². The second-order valence-electron chi connectivity index (χ2n) is 12.1. The largest absolute Gasteiger partial charge is 0.406 e. The Morgan fingerprint density at radius 3 is 2.06 bits per heavy atom. The predicted molar refractivity (Wildman–Crippen MR) is 116 cm³/mol. The van der Waals surface area contributed by atoms with E-state index in [1.54, 1.807) is 0 Å². The van der Waals surface area contributed by atoms with Crippen LogP contribution in [0, 0.1) is 16.7 Å². The molecule has 196 valence electrons. The maximum Gasteiger partial charge on any atom is 0.406 e. The summed E-state index contributed by atoms with van der Waals surface area (Å²) in [6.45, 7) is -1.10. The summed E-state index contributed by atoms with van der Waals surface area (Å²) in [6, 6.07) is -1.87. The third-order valence-corrected chi connectivity index (χ3v) is 9.76. The van der Waals surface area contributed by atoms with Gasteiger partial charge in [0.2, 0.25) is 11.8 Å². The fourth-order valence-corrected chi connectivity index (χ4v) is 7.99. The number of urea groups is 2. The van der Waals surface area contributed by atoms with Crippen molar-refractivity contribution < 1.29 is 37.1 Å². The van der Waals surface area contributed by atoms with E-state index in [-0.39, 0.29) is 30.7 Å². The van der Waals surface area contributed by atoms with Gasteiger partial charge in [-0.1, -0.05) is 0 Å². The molecule has 5 saturated carbocycles. The number of carbonyl (C=O) groups excluding carboxylic acids is 5. The van der Waals surface area contributed by atoms with Crippen LogP contribution in [-0.2, 0) is 14.4 Å². The van der Waals surface area contributed by atoms with Gasteiger partial charge in [0.1, 0.15) is 18.5 Å². The highest BCUT2D eigenvalue weighted by atomic mass is 19.4. The van der Waals surface area contributed by atoms with Crippen LogP contribution in [0.4, 0.5) is 22.8 Å². The number of nitrogens with zero attached hydrogens (tertiary/aromatic N) is 4. The molecule has 0 aromatic heterocycles. The summed E-state index contributed by atoms with van der Waals surface area (Å²) in [4.78, 5) is 67.6. The van der Waals surface area contributed by atoms with Crippen LogP contribution in [0.15, 0.2) is 0 Å². The van der Waals surface area contributed by atoms with Crippen molar-refractivity contribution in [2.24, 2.45) is 16.7 Å². The Hall–Kier alpha value is -2.66. The molecule has 0 atom stereocenters. The number of halogens is 3. The van der Waals surface area contributed by atoms with Gasteiger partial charge in [-0.15, -0.1) is 0 Å². The first-order valence-electron chi connectivity index (χ1n) is 12.6. The first kappa shape index (κ1) is 23.7. The number of barbiturate groups is 1. The van der Waals surface area contributed by atoms with Crippen molar-refractivity contribution in [2.75, 3.05) is 20.1 Å². The third kappa shape index (κ3) is 3.24. The fourth-order valence-electron chi connectivity index (χ4n) is 7.99. The minimum atomic E-state index is -4.62. The van der Waals surface area contributed by atoms with Gasteiger partial charge in [0.05, 0.1) is 0 Å². The molecular formula is C24H29F3N4O5. The van der Waals surface area contributed by atoms with Crippen LogP contribution in [0.1, 0.15) is 64.2 Å². The molecule has 0 N–H and O–H groups in total. The molecule has 0 aromatic rings. The average molecular weight is 511 g/mol. The lowest BCUT2D eigenvalue weighted by Crippen LogP contribution is -2.67. The summed E-state index contributed by atoms with van der Waals surface area (Å²) in [5, 5.41) is 0. The summed E-state index contributed by atoms with van der Waals surface area (Å²) in [6.07, 6.45) is 0.385. The molecule has 7 amide bonds. The van der Waals surface area contributed by atoms with Crippen molar-refractivity contribution >= 4 is 29.8 Å². The Bertz CT molecular complexity index is 1060. The molecule has 9 nitrogen and oxygen atoms in total. The van der Waals surface area contributed by atoms with Gasteiger partial charge in [-0.05, 0) is 74.5 Å². The van der Waals surface area contributed by atoms with E-state index in [2.05, 4.69) is 0 Å². The van der Waals surface area contributed by atoms with Gasteiger partial charge in [0.15, 0.2) is 0 Å². The summed E-state index contributed by atoms with van der Waals surface area (Å²) < 4.78 is 39.5. The molecule has 2 spiro atoms. The number of hydrogen-bond acceptors (Lipinski definition) is 5. The molecule has 5 aliphatic carbocycles. The number of carbonyl (C=O) groups is 5. The second-order valence-corrected chi connectivity index (χ2v) is 12.1. The molecule has 0 aromatic carbocycles. The fraction of sp³-hybridized carbons (Fsp3) is 0.792. The molecule has 0 radical (unpaired) electrons. The van der Waals surface area contributed by atoms with Gasteiger partial charge in [-0.25, -0.2) is 9.59 Å². The summed E-state index contributed by atoms with van der Waals surface area (Å²) in [7, 11) is 1.21. The maximum absolute atomic E-state index is 13.2. The van der Waals surface area contributed by atoms with E-state index in [1.807, 2.05) is 0 Å². The van der Waals surface area contributed by atoms with Crippen molar-refractivity contribution in [1.82, 2.24) is 19.6 Å². The van der Waals surface area contributed by atoms with E-state index >= 15 is 0 Å². The van der Waals surface area contributed by atoms with Crippen molar-refractivity contribution in [3.8, 4) is 0 Å². The summed E-state index contributed by atoms with van der Waals surface area (Å²) >= 11 is 0. The van der Waals surface area contributed by atoms with E-state index < -0.39 is 53.5 Å². The summed E-state index contributed by atoms with van der Waals surface area (Å²) in [5.74, 6) is -0.850. The molecule has 2 aliphatic heterocycles. The van der Waals surface area contributed by atoms with Crippen molar-refractivity contribution in [3.63, 3.8) is 0 Å². The standard InChI is InChI=1S/C24H29F3N4O5/c1-28-18(34)23(30(19(28)35)13-24(25,26)27)10-21(11-23)4-2-15(3-5-21)31-17(33)6-16(32)29(20(31)36)12-22-7-14(8-22)9-22/h14-15H,2-13H2,1H3. The highest BCUT2D eigenvalue weighted by molar-refractivity contribution is 6.14. The molecule has 7 rings (SSSR count). The van der Waals surface area contributed by atoms with Crippen LogP contribution < -0.4 is 0 Å². The maximum atomic E-state index is 13.2. The Labute approximate surface area is 205 Å². The second kappa shape index (κ2) is 7.22. The van der Waals surface area contributed by atoms with Crippen molar-refractivity contribution in [3.05, 3.63) is 0 Å². The number of likely N-dealkylation sites (N-methyl/N-ethyl adjacent to an activating group) is 1. The Morgan fingerprint density at radius 2 is 1.53 bits per heavy atom. The monoisotopic (exact) mass is 510 g/mol. The Balaban J connectivity index is 1.13. The van der Waals surface area contributed by atoms with E-state index in [0.29, 0.717) is 43.0 Å². The predicted octanol–water partition coefficient (Wildman–Crippen LogP) is 2.89. The molecule has 0 unspecified atom stereocenters. The zero-order valence-corrected chi connectivity index (χ0v) is 20.1. The van der Waals surface area contributed by atoms with E-state index in [4.69, 9.17) is 0 Å². The lowest BCUT2D eigenvalue weighted by atomic mass is 9.44. The number of alkyl halides is 3. The van der Waals surface area contributed by atoms with Gasteiger partial charge in [-0.2, -0.15) is 13.2 Å². The third-order valence-electron chi connectivity index (χ3n) is 9.76. The van der Waals surface area contributed by atoms with E-state index in [0.717, 1.165) is 24.2 Å². The van der Waals surface area contributed by atoms with Gasteiger partial charge in [0, 0.05) is 19.6 Å². The minimum absolute atomic E-state index is 0.0274. The molecule has 2 saturated heterocycles. The van der Waals surface area contributed by atoms with Crippen molar-refractivity contribution in [1.29, 1.82) is 0 Å². The molecule has 12 heteroatoms. The smallest absolute Gasteiger partial charge is 0.300 e. The molecule has 7 aliphatic rings. The number of imide groups is 3. The molecule has 2 bridgehead atoms. The summed E-state index contributed by atoms with van der Waals surface area (Å²) in [5.41, 5.74) is -1.86. The topological polar surface area (TPSA) is 98.3 Å². The zero-order valence-electron chi connectivity index (χ0n) is 20.1. The van der Waals surface area contributed by atoms with Crippen LogP contribution in [0.25, 0.3) is 0 Å². The lowest BCUT2D eigenvalue weighted by molar-refractivity contribution is -0.174. The first-order chi connectivity index (χ1) is 16.8. The number of hydrogen-bond donors (Lipinski definition) is 0. The number of rotatable bonds is 4. The van der Waals surface area contributed by atoms with Crippen LogP contribution in [0.3, 0.4) is 0 Å². The minimum Gasteiger partial charge on any atom is -0.300 e. The molecular weight excluding hydrogens is 481 g/mol. The SMILES string of the molecule is CN1C(=O)N(CC(F)(F)F)C2(CC3(CCC(N4C(=O)CC(=O)N(CC56CC(C5)C6)C4=O)CC3)C2)C1=O.